The zero-order valence-electron chi connectivity index (χ0n) is 17.9. The van der Waals surface area contributed by atoms with Gasteiger partial charge in [-0.05, 0) is 36.8 Å². The molecule has 1 aliphatic heterocycles. The Morgan fingerprint density at radius 3 is 2.33 bits per heavy atom. The summed E-state index contributed by atoms with van der Waals surface area (Å²) in [6.45, 7) is 3.12. The van der Waals surface area contributed by atoms with Gasteiger partial charge < -0.3 is 20.0 Å². The van der Waals surface area contributed by atoms with Crippen molar-refractivity contribution in [3.63, 3.8) is 0 Å². The van der Waals surface area contributed by atoms with Crippen molar-refractivity contribution in [2.24, 2.45) is 5.16 Å². The summed E-state index contributed by atoms with van der Waals surface area (Å²) in [5.74, 6) is -0.428. The maximum absolute atomic E-state index is 13.1. The van der Waals surface area contributed by atoms with Crippen molar-refractivity contribution in [2.45, 2.75) is 13.1 Å². The second-order valence-electron chi connectivity index (χ2n) is 7.86. The third-order valence-corrected chi connectivity index (χ3v) is 5.76. The summed E-state index contributed by atoms with van der Waals surface area (Å²) >= 11 is 0. The molecule has 0 spiro atoms. The van der Waals surface area contributed by atoms with Crippen molar-refractivity contribution < 1.29 is 23.2 Å². The Morgan fingerprint density at radius 2 is 1.70 bits per heavy atom. The van der Waals surface area contributed by atoms with E-state index < -0.39 is 17.6 Å². The molecule has 1 fully saturated rings. The number of aromatic nitrogens is 1. The third-order valence-electron chi connectivity index (χ3n) is 5.76. The van der Waals surface area contributed by atoms with Crippen molar-refractivity contribution in [1.82, 2.24) is 9.88 Å². The number of piperazine rings is 1. The predicted molar refractivity (Wildman–Crippen MR) is 120 cm³/mol. The molecule has 2 N–H and O–H groups in total. The number of hydrogen-bond acceptors (Lipinski definition) is 4. The Hall–Kier alpha value is -3.75. The number of nitrogens with zero attached hydrogens (tertiary/aromatic N) is 3. The highest BCUT2D eigenvalue weighted by Crippen LogP contribution is 2.32. The quantitative estimate of drug-likeness (QED) is 0.344. The minimum absolute atomic E-state index is 0.0709. The maximum Gasteiger partial charge on any atom is 0.416 e. The summed E-state index contributed by atoms with van der Waals surface area (Å²) in [6, 6.07) is 16.5. The number of halogens is 3. The van der Waals surface area contributed by atoms with E-state index >= 15 is 0 Å². The first kappa shape index (κ1) is 22.4. The summed E-state index contributed by atoms with van der Waals surface area (Å²) in [7, 11) is 0. The number of anilines is 1. The first-order valence-electron chi connectivity index (χ1n) is 10.5. The van der Waals surface area contributed by atoms with Crippen molar-refractivity contribution in [3.05, 3.63) is 77.5 Å². The van der Waals surface area contributed by atoms with Gasteiger partial charge in [0, 0.05) is 48.8 Å². The molecule has 1 aromatic heterocycles. The number of aromatic amines is 1. The standard InChI is InChI=1S/C24H23F3N4O2/c1-16-20(15-21(28-16)17-6-3-2-4-7-17)22(29-33)23(32)31-12-10-30(11-13-31)19-9-5-8-18(14-19)24(25,26)27/h2-9,14-15,28,33H,10-13H2,1H3/b29-22+. The van der Waals surface area contributed by atoms with Crippen LogP contribution in [0.2, 0.25) is 0 Å². The largest absolute Gasteiger partial charge is 0.416 e. The Kier molecular flexibility index (Phi) is 6.13. The van der Waals surface area contributed by atoms with E-state index in [1.807, 2.05) is 35.2 Å². The number of rotatable bonds is 4. The second kappa shape index (κ2) is 9.01. The lowest BCUT2D eigenvalue weighted by atomic mass is 10.1. The van der Waals surface area contributed by atoms with Crippen LogP contribution >= 0.6 is 0 Å². The molecule has 33 heavy (non-hydrogen) atoms. The van der Waals surface area contributed by atoms with Crippen LogP contribution in [0.4, 0.5) is 18.9 Å². The summed E-state index contributed by atoms with van der Waals surface area (Å²) < 4.78 is 39.1. The van der Waals surface area contributed by atoms with E-state index in [1.165, 1.54) is 6.07 Å². The fourth-order valence-electron chi connectivity index (χ4n) is 3.99. The van der Waals surface area contributed by atoms with Crippen molar-refractivity contribution in [3.8, 4) is 11.3 Å². The molecule has 0 atom stereocenters. The molecule has 1 amide bonds. The number of oxime groups is 1. The average molecular weight is 456 g/mol. The molecular weight excluding hydrogens is 433 g/mol. The van der Waals surface area contributed by atoms with Gasteiger partial charge in [-0.1, -0.05) is 41.6 Å². The van der Waals surface area contributed by atoms with Crippen LogP contribution in [0.25, 0.3) is 11.3 Å². The average Bonchev–Trinajstić information content (AvgIpc) is 3.21. The highest BCUT2D eigenvalue weighted by Gasteiger charge is 2.32. The lowest BCUT2D eigenvalue weighted by molar-refractivity contribution is -0.137. The molecule has 6 nitrogen and oxygen atoms in total. The third kappa shape index (κ3) is 4.72. The Bertz CT molecular complexity index is 1160. The van der Waals surface area contributed by atoms with Crippen molar-refractivity contribution >= 4 is 17.3 Å². The molecule has 0 aliphatic carbocycles. The predicted octanol–water partition coefficient (Wildman–Crippen LogP) is 4.54. The molecule has 0 unspecified atom stereocenters. The monoisotopic (exact) mass is 456 g/mol. The number of nitrogens with one attached hydrogen (secondary N) is 1. The van der Waals surface area contributed by atoms with E-state index in [0.29, 0.717) is 43.1 Å². The lowest BCUT2D eigenvalue weighted by Crippen LogP contribution is -2.50. The lowest BCUT2D eigenvalue weighted by Gasteiger charge is -2.36. The molecule has 0 radical (unpaired) electrons. The van der Waals surface area contributed by atoms with Gasteiger partial charge in [0.1, 0.15) is 0 Å². The smallest absolute Gasteiger partial charge is 0.410 e. The number of hydrogen-bond donors (Lipinski definition) is 2. The maximum atomic E-state index is 13.1. The zero-order chi connectivity index (χ0) is 23.6. The molecule has 2 heterocycles. The van der Waals surface area contributed by atoms with E-state index in [4.69, 9.17) is 0 Å². The molecular formula is C24H23F3N4O2. The van der Waals surface area contributed by atoms with E-state index in [1.54, 1.807) is 24.0 Å². The van der Waals surface area contributed by atoms with Crippen molar-refractivity contribution in [1.29, 1.82) is 0 Å². The highest BCUT2D eigenvalue weighted by atomic mass is 19.4. The first-order valence-corrected chi connectivity index (χ1v) is 10.5. The van der Waals surface area contributed by atoms with E-state index in [2.05, 4.69) is 10.1 Å². The van der Waals surface area contributed by atoms with Crippen LogP contribution < -0.4 is 4.90 Å². The summed E-state index contributed by atoms with van der Waals surface area (Å²) in [6.07, 6.45) is -4.41. The van der Waals surface area contributed by atoms with Crippen molar-refractivity contribution in [2.75, 3.05) is 31.1 Å². The second-order valence-corrected chi connectivity index (χ2v) is 7.86. The van der Waals surface area contributed by atoms with E-state index in [-0.39, 0.29) is 5.71 Å². The SMILES string of the molecule is Cc1[nH]c(-c2ccccc2)cc1/C(=N\O)C(=O)N1CCN(c2cccc(C(F)(F)F)c2)CC1. The number of H-pyrrole nitrogens is 1. The number of carbonyl (C=O) groups excluding carboxylic acids is 1. The Balaban J connectivity index is 1.47. The fraction of sp³-hybridized carbons (Fsp3) is 0.250. The summed E-state index contributed by atoms with van der Waals surface area (Å²) in [5, 5.41) is 12.9. The van der Waals surface area contributed by atoms with E-state index in [0.717, 1.165) is 23.4 Å². The van der Waals surface area contributed by atoms with E-state index in [9.17, 15) is 23.2 Å². The van der Waals surface area contributed by atoms with Gasteiger partial charge in [0.25, 0.3) is 5.91 Å². The normalized spacial score (nSPS) is 15.1. The van der Waals surface area contributed by atoms with Crippen LogP contribution in [-0.2, 0) is 11.0 Å². The summed E-state index contributed by atoms with van der Waals surface area (Å²) in [5.41, 5.74) is 2.61. The van der Waals surface area contributed by atoms with Gasteiger partial charge in [-0.15, -0.1) is 0 Å². The molecule has 9 heteroatoms. The number of carbonyl (C=O) groups is 1. The van der Waals surface area contributed by atoms with Crippen LogP contribution in [0.5, 0.6) is 0 Å². The minimum Gasteiger partial charge on any atom is -0.410 e. The fourth-order valence-corrected chi connectivity index (χ4v) is 3.99. The van der Waals surface area contributed by atoms with Gasteiger partial charge >= 0.3 is 6.18 Å². The van der Waals surface area contributed by atoms with Gasteiger partial charge in [-0.2, -0.15) is 13.2 Å². The van der Waals surface area contributed by atoms with Gasteiger partial charge in [-0.25, -0.2) is 0 Å². The van der Waals surface area contributed by atoms with Gasteiger partial charge in [-0.3, -0.25) is 4.79 Å². The Morgan fingerprint density at radius 1 is 1.00 bits per heavy atom. The number of aryl methyl sites for hydroxylation is 1. The van der Waals surface area contributed by atoms with Gasteiger partial charge in [0.15, 0.2) is 5.71 Å². The zero-order valence-corrected chi connectivity index (χ0v) is 17.9. The van der Waals surface area contributed by atoms with Gasteiger partial charge in [0.2, 0.25) is 0 Å². The summed E-state index contributed by atoms with van der Waals surface area (Å²) in [4.78, 5) is 19.7. The number of alkyl halides is 3. The topological polar surface area (TPSA) is 71.9 Å². The van der Waals surface area contributed by atoms with Crippen LogP contribution in [0.15, 0.2) is 65.8 Å². The Labute approximate surface area is 188 Å². The molecule has 1 saturated heterocycles. The molecule has 0 saturated carbocycles. The van der Waals surface area contributed by atoms with Crippen LogP contribution in [0.3, 0.4) is 0 Å². The molecule has 172 valence electrons. The molecule has 3 aromatic rings. The molecule has 2 aromatic carbocycles. The number of benzene rings is 2. The van der Waals surface area contributed by atoms with Crippen LogP contribution in [0.1, 0.15) is 16.8 Å². The first-order chi connectivity index (χ1) is 15.8. The van der Waals surface area contributed by atoms with Gasteiger partial charge in [0.05, 0.1) is 5.56 Å². The number of amides is 1. The minimum atomic E-state index is -4.41. The van der Waals surface area contributed by atoms with Crippen LogP contribution in [-0.4, -0.2) is 52.9 Å². The molecule has 0 bridgehead atoms. The highest BCUT2D eigenvalue weighted by molar-refractivity contribution is 6.45. The molecule has 1 aliphatic rings. The van der Waals surface area contributed by atoms with Crippen LogP contribution in [0, 0.1) is 6.92 Å². The molecule has 4 rings (SSSR count).